The Balaban J connectivity index is 2.44. The van der Waals surface area contributed by atoms with Gasteiger partial charge in [0.05, 0.1) is 6.54 Å². The van der Waals surface area contributed by atoms with Crippen LogP contribution in [0.3, 0.4) is 0 Å². The van der Waals surface area contributed by atoms with Crippen LogP contribution in [0, 0.1) is 0 Å². The van der Waals surface area contributed by atoms with Crippen LogP contribution in [0.1, 0.15) is 6.92 Å². The van der Waals surface area contributed by atoms with Crippen molar-refractivity contribution in [2.24, 2.45) is 5.73 Å². The molecule has 0 spiro atoms. The third-order valence-corrected chi connectivity index (χ3v) is 1.77. The number of carbonyl (C=O) groups excluding carboxylic acids is 2. The van der Waals surface area contributed by atoms with Crippen LogP contribution in [-0.2, 0) is 9.63 Å². The molecule has 4 N–H and O–H groups in total. The van der Waals surface area contributed by atoms with Crippen molar-refractivity contribution < 1.29 is 19.5 Å². The van der Waals surface area contributed by atoms with Crippen molar-refractivity contribution in [2.75, 3.05) is 13.2 Å². The van der Waals surface area contributed by atoms with Crippen LogP contribution >= 0.6 is 0 Å². The van der Waals surface area contributed by atoms with Gasteiger partial charge in [0.25, 0.3) is 5.91 Å². The number of nitrogens with zero attached hydrogens (tertiary/aromatic N) is 1. The van der Waals surface area contributed by atoms with Gasteiger partial charge in [0, 0.05) is 0 Å². The lowest BCUT2D eigenvalue weighted by molar-refractivity contribution is -0.170. The van der Waals surface area contributed by atoms with E-state index in [2.05, 4.69) is 5.32 Å². The summed E-state index contributed by atoms with van der Waals surface area (Å²) in [6.07, 6.45) is -0.667. The zero-order chi connectivity index (χ0) is 10.7. The number of β-amino-alcohol motifs (C(OH)–C–C–N with tert-alkyl or cyclic N) is 1. The molecule has 0 saturated carbocycles. The molecule has 1 saturated heterocycles. The van der Waals surface area contributed by atoms with Crippen LogP contribution < -0.4 is 11.1 Å². The number of nitrogens with one attached hydrogen (secondary N) is 1. The summed E-state index contributed by atoms with van der Waals surface area (Å²) in [5.74, 6) is -0.430. The fraction of sp³-hybridized carbons (Fsp3) is 0.714. The van der Waals surface area contributed by atoms with Gasteiger partial charge in [-0.2, -0.15) is 0 Å². The number of amides is 3. The highest BCUT2D eigenvalue weighted by molar-refractivity contribution is 5.85. The second kappa shape index (κ2) is 4.25. The molecule has 7 heteroatoms. The van der Waals surface area contributed by atoms with Gasteiger partial charge in [-0.05, 0) is 6.92 Å². The van der Waals surface area contributed by atoms with Gasteiger partial charge in [-0.25, -0.2) is 9.86 Å². The minimum absolute atomic E-state index is 0.0923. The molecule has 0 radical (unpaired) electrons. The molecule has 0 aliphatic carbocycles. The van der Waals surface area contributed by atoms with E-state index in [9.17, 15) is 9.59 Å². The molecule has 7 nitrogen and oxygen atoms in total. The summed E-state index contributed by atoms with van der Waals surface area (Å²) >= 11 is 0. The van der Waals surface area contributed by atoms with Crippen molar-refractivity contribution in [1.29, 1.82) is 0 Å². The van der Waals surface area contributed by atoms with Crippen molar-refractivity contribution in [3.63, 3.8) is 0 Å². The van der Waals surface area contributed by atoms with Gasteiger partial charge in [-0.1, -0.05) is 0 Å². The Hall–Kier alpha value is -1.34. The molecule has 1 rings (SSSR count). The fourth-order valence-electron chi connectivity index (χ4n) is 1.12. The number of aliphatic hydroxyl groups is 1. The van der Waals surface area contributed by atoms with Crippen molar-refractivity contribution >= 4 is 11.9 Å². The predicted octanol–water partition coefficient (Wildman–Crippen LogP) is -1.82. The van der Waals surface area contributed by atoms with E-state index in [1.165, 1.54) is 6.92 Å². The summed E-state index contributed by atoms with van der Waals surface area (Å²) in [4.78, 5) is 26.8. The second-order valence-corrected chi connectivity index (χ2v) is 3.08. The molecule has 3 amide bonds. The number of carbonyl (C=O) groups is 2. The van der Waals surface area contributed by atoms with Crippen LogP contribution in [0.4, 0.5) is 4.79 Å². The smallest absolute Gasteiger partial charge is 0.312 e. The number of hydrogen-bond acceptors (Lipinski definition) is 4. The number of urea groups is 1. The maximum atomic E-state index is 11.4. The normalized spacial score (nSPS) is 23.3. The average Bonchev–Trinajstić information content (AvgIpc) is 2.49. The lowest BCUT2D eigenvalue weighted by atomic mass is 10.3. The SMILES string of the molecule is CC(NC(N)=O)C(=O)N1C[C@H](O)CO1. The molecule has 2 atom stereocenters. The largest absolute Gasteiger partial charge is 0.389 e. The molecule has 0 bridgehead atoms. The number of nitrogens with two attached hydrogens (primary N) is 1. The van der Waals surface area contributed by atoms with Crippen LogP contribution in [0.2, 0.25) is 0 Å². The second-order valence-electron chi connectivity index (χ2n) is 3.08. The summed E-state index contributed by atoms with van der Waals surface area (Å²) in [7, 11) is 0. The molecule has 0 aromatic heterocycles. The van der Waals surface area contributed by atoms with Gasteiger partial charge in [0.2, 0.25) is 0 Å². The van der Waals surface area contributed by atoms with Crippen LogP contribution in [0.5, 0.6) is 0 Å². The molecule has 1 aliphatic heterocycles. The van der Waals surface area contributed by atoms with Gasteiger partial charge < -0.3 is 16.2 Å². The first-order chi connectivity index (χ1) is 6.50. The molecule has 1 aliphatic rings. The van der Waals surface area contributed by atoms with Gasteiger partial charge in [-0.15, -0.1) is 0 Å². The Morgan fingerprint density at radius 2 is 2.36 bits per heavy atom. The topological polar surface area (TPSA) is 105 Å². The Morgan fingerprint density at radius 1 is 1.71 bits per heavy atom. The van der Waals surface area contributed by atoms with Crippen LogP contribution in [-0.4, -0.2) is 47.4 Å². The highest BCUT2D eigenvalue weighted by atomic mass is 16.7. The number of rotatable bonds is 2. The van der Waals surface area contributed by atoms with E-state index in [0.717, 1.165) is 5.06 Å². The summed E-state index contributed by atoms with van der Waals surface area (Å²) in [6, 6.07) is -1.52. The Labute approximate surface area is 80.8 Å². The van der Waals surface area contributed by atoms with E-state index < -0.39 is 24.1 Å². The fourth-order valence-corrected chi connectivity index (χ4v) is 1.12. The van der Waals surface area contributed by atoms with E-state index in [0.29, 0.717) is 0 Å². The maximum Gasteiger partial charge on any atom is 0.312 e. The predicted molar refractivity (Wildman–Crippen MR) is 45.9 cm³/mol. The van der Waals surface area contributed by atoms with Crippen molar-refractivity contribution in [2.45, 2.75) is 19.1 Å². The lowest BCUT2D eigenvalue weighted by Gasteiger charge is -2.18. The third-order valence-electron chi connectivity index (χ3n) is 1.77. The molecule has 1 fully saturated rings. The van der Waals surface area contributed by atoms with E-state index in [1.807, 2.05) is 0 Å². The molecule has 1 heterocycles. The maximum absolute atomic E-state index is 11.4. The summed E-state index contributed by atoms with van der Waals surface area (Å²) in [5.41, 5.74) is 4.85. The molecule has 14 heavy (non-hydrogen) atoms. The summed E-state index contributed by atoms with van der Waals surface area (Å²) in [6.45, 7) is 1.69. The lowest BCUT2D eigenvalue weighted by Crippen LogP contribution is -2.47. The number of hydrogen-bond donors (Lipinski definition) is 3. The van der Waals surface area contributed by atoms with Gasteiger partial charge in [0.1, 0.15) is 18.8 Å². The van der Waals surface area contributed by atoms with E-state index in [1.54, 1.807) is 0 Å². The molecule has 1 unspecified atom stereocenters. The van der Waals surface area contributed by atoms with E-state index >= 15 is 0 Å². The number of aliphatic hydroxyl groups excluding tert-OH is 1. The Morgan fingerprint density at radius 3 is 2.79 bits per heavy atom. The molecule has 0 aromatic rings. The van der Waals surface area contributed by atoms with E-state index in [-0.39, 0.29) is 13.2 Å². The number of hydroxylamine groups is 2. The third kappa shape index (κ3) is 2.57. The zero-order valence-corrected chi connectivity index (χ0v) is 7.77. The first kappa shape index (κ1) is 10.7. The monoisotopic (exact) mass is 203 g/mol. The number of primary amides is 1. The highest BCUT2D eigenvalue weighted by Crippen LogP contribution is 2.07. The first-order valence-electron chi connectivity index (χ1n) is 4.19. The first-order valence-corrected chi connectivity index (χ1v) is 4.19. The average molecular weight is 203 g/mol. The Bertz CT molecular complexity index is 245. The molecular formula is C7H13N3O4. The summed E-state index contributed by atoms with van der Waals surface area (Å²) in [5, 5.41) is 12.3. The van der Waals surface area contributed by atoms with Crippen LogP contribution in [0.25, 0.3) is 0 Å². The van der Waals surface area contributed by atoms with Gasteiger partial charge in [-0.3, -0.25) is 9.63 Å². The van der Waals surface area contributed by atoms with E-state index in [4.69, 9.17) is 15.7 Å². The quantitative estimate of drug-likeness (QED) is 0.491. The zero-order valence-electron chi connectivity index (χ0n) is 7.77. The molecular weight excluding hydrogens is 190 g/mol. The summed E-state index contributed by atoms with van der Waals surface area (Å²) < 4.78 is 0. The molecule has 0 aromatic carbocycles. The van der Waals surface area contributed by atoms with Crippen molar-refractivity contribution in [3.8, 4) is 0 Å². The van der Waals surface area contributed by atoms with Gasteiger partial charge >= 0.3 is 6.03 Å². The van der Waals surface area contributed by atoms with Gasteiger partial charge in [0.15, 0.2) is 0 Å². The molecule has 80 valence electrons. The minimum atomic E-state index is -0.773. The Kier molecular flexibility index (Phi) is 3.26. The standard InChI is InChI=1S/C7H13N3O4/c1-4(9-7(8)13)6(12)10-2-5(11)3-14-10/h4-5,11H,2-3H2,1H3,(H3,8,9,13)/t4?,5-/m0/s1. The van der Waals surface area contributed by atoms with Crippen LogP contribution in [0.15, 0.2) is 0 Å². The van der Waals surface area contributed by atoms with Crippen molar-refractivity contribution in [3.05, 3.63) is 0 Å². The minimum Gasteiger partial charge on any atom is -0.389 e. The highest BCUT2D eigenvalue weighted by Gasteiger charge is 2.29. The van der Waals surface area contributed by atoms with Crippen molar-refractivity contribution in [1.82, 2.24) is 10.4 Å².